The molecule has 23 heavy (non-hydrogen) atoms. The summed E-state index contributed by atoms with van der Waals surface area (Å²) in [6.45, 7) is 0.0539. The lowest BCUT2D eigenvalue weighted by atomic mass is 10.1. The van der Waals surface area contributed by atoms with Crippen molar-refractivity contribution >= 4 is 33.5 Å². The summed E-state index contributed by atoms with van der Waals surface area (Å²) in [6, 6.07) is 14.1. The highest BCUT2D eigenvalue weighted by molar-refractivity contribution is 9.10. The molecule has 0 saturated carbocycles. The van der Waals surface area contributed by atoms with Crippen LogP contribution >= 0.6 is 15.9 Å². The molecule has 2 aromatic carbocycles. The Kier molecular flexibility index (Phi) is 6.31. The Morgan fingerprint density at radius 1 is 1.13 bits per heavy atom. The lowest BCUT2D eigenvalue weighted by Crippen LogP contribution is -2.21. The smallest absolute Gasteiger partial charge is 0.338 e. The second-order valence-electron chi connectivity index (χ2n) is 4.74. The normalized spacial score (nSPS) is 10.2. The fourth-order valence-corrected chi connectivity index (χ4v) is 2.30. The summed E-state index contributed by atoms with van der Waals surface area (Å²) >= 11 is 3.33. The Morgan fingerprint density at radius 2 is 1.91 bits per heavy atom. The third kappa shape index (κ3) is 5.19. The van der Waals surface area contributed by atoms with Crippen molar-refractivity contribution in [2.75, 3.05) is 19.0 Å². The van der Waals surface area contributed by atoms with Gasteiger partial charge in [-0.2, -0.15) is 0 Å². The van der Waals surface area contributed by atoms with Crippen LogP contribution in [0.3, 0.4) is 0 Å². The van der Waals surface area contributed by atoms with Crippen molar-refractivity contribution in [3.8, 4) is 0 Å². The van der Waals surface area contributed by atoms with Crippen molar-refractivity contribution in [1.29, 1.82) is 0 Å². The largest absolute Gasteiger partial charge is 0.452 e. The summed E-state index contributed by atoms with van der Waals surface area (Å²) in [5.41, 5.74) is 1.86. The molecule has 5 nitrogen and oxygen atoms in total. The van der Waals surface area contributed by atoms with Crippen molar-refractivity contribution < 1.29 is 19.1 Å². The number of anilines is 1. The molecule has 0 heterocycles. The third-order valence-electron chi connectivity index (χ3n) is 2.96. The molecule has 0 aromatic heterocycles. The van der Waals surface area contributed by atoms with Gasteiger partial charge in [0.1, 0.15) is 0 Å². The van der Waals surface area contributed by atoms with E-state index in [1.807, 2.05) is 18.2 Å². The molecule has 1 amide bonds. The minimum absolute atomic E-state index is 0.353. The summed E-state index contributed by atoms with van der Waals surface area (Å²) in [4.78, 5) is 23.8. The van der Waals surface area contributed by atoms with Gasteiger partial charge in [0.05, 0.1) is 17.9 Å². The summed E-state index contributed by atoms with van der Waals surface area (Å²) < 4.78 is 10.8. The van der Waals surface area contributed by atoms with E-state index in [0.29, 0.717) is 17.9 Å². The first-order valence-corrected chi connectivity index (χ1v) is 7.69. The number of halogens is 1. The molecule has 120 valence electrons. The van der Waals surface area contributed by atoms with Gasteiger partial charge in [0.25, 0.3) is 5.91 Å². The van der Waals surface area contributed by atoms with E-state index in [1.165, 1.54) is 0 Å². The third-order valence-corrected chi connectivity index (χ3v) is 3.65. The van der Waals surface area contributed by atoms with Gasteiger partial charge in [-0.05, 0) is 45.8 Å². The van der Waals surface area contributed by atoms with Crippen LogP contribution in [0.25, 0.3) is 0 Å². The molecule has 0 saturated heterocycles. The average molecular weight is 378 g/mol. The zero-order valence-electron chi connectivity index (χ0n) is 12.5. The Bertz CT molecular complexity index is 702. The summed E-state index contributed by atoms with van der Waals surface area (Å²) in [6.07, 6.45) is 0. The monoisotopic (exact) mass is 377 g/mol. The Hall–Kier alpha value is -2.18. The number of benzene rings is 2. The van der Waals surface area contributed by atoms with Crippen molar-refractivity contribution in [3.05, 3.63) is 64.1 Å². The van der Waals surface area contributed by atoms with Crippen molar-refractivity contribution in [3.63, 3.8) is 0 Å². The molecule has 0 atom stereocenters. The number of amides is 1. The molecule has 2 aromatic rings. The standard InChI is InChI=1S/C17H16BrNO4/c1-22-10-12-5-4-6-13(9-12)17(21)23-11-16(20)19-15-8-3-2-7-14(15)18/h2-9H,10-11H2,1H3,(H,19,20). The molecule has 2 rings (SSSR count). The van der Waals surface area contributed by atoms with Crippen molar-refractivity contribution in [2.24, 2.45) is 0 Å². The first-order chi connectivity index (χ1) is 11.1. The zero-order chi connectivity index (χ0) is 16.7. The van der Waals surface area contributed by atoms with E-state index in [-0.39, 0.29) is 6.61 Å². The van der Waals surface area contributed by atoms with Gasteiger partial charge in [-0.15, -0.1) is 0 Å². The predicted molar refractivity (Wildman–Crippen MR) is 90.2 cm³/mol. The van der Waals surface area contributed by atoms with Gasteiger partial charge in [-0.25, -0.2) is 4.79 Å². The van der Waals surface area contributed by atoms with Crippen LogP contribution in [0.5, 0.6) is 0 Å². The number of para-hydroxylation sites is 1. The second-order valence-corrected chi connectivity index (χ2v) is 5.59. The van der Waals surface area contributed by atoms with Crippen molar-refractivity contribution in [2.45, 2.75) is 6.61 Å². The number of methoxy groups -OCH3 is 1. The number of carbonyl (C=O) groups is 2. The molecule has 0 bridgehead atoms. The van der Waals surface area contributed by atoms with E-state index in [0.717, 1.165) is 10.0 Å². The van der Waals surface area contributed by atoms with Crippen LogP contribution in [-0.2, 0) is 20.9 Å². The highest BCUT2D eigenvalue weighted by Crippen LogP contribution is 2.20. The minimum atomic E-state index is -0.551. The van der Waals surface area contributed by atoms with Gasteiger partial charge in [-0.1, -0.05) is 24.3 Å². The number of rotatable bonds is 6. The van der Waals surface area contributed by atoms with E-state index in [2.05, 4.69) is 21.2 Å². The van der Waals surface area contributed by atoms with Crippen LogP contribution in [0.1, 0.15) is 15.9 Å². The van der Waals surface area contributed by atoms with E-state index in [1.54, 1.807) is 37.4 Å². The molecule has 0 radical (unpaired) electrons. The van der Waals surface area contributed by atoms with E-state index in [9.17, 15) is 9.59 Å². The zero-order valence-corrected chi connectivity index (χ0v) is 14.1. The van der Waals surface area contributed by atoms with Gasteiger partial charge >= 0.3 is 5.97 Å². The second kappa shape index (κ2) is 8.45. The minimum Gasteiger partial charge on any atom is -0.452 e. The lowest BCUT2D eigenvalue weighted by molar-refractivity contribution is -0.119. The quantitative estimate of drug-likeness (QED) is 0.783. The highest BCUT2D eigenvalue weighted by atomic mass is 79.9. The fourth-order valence-electron chi connectivity index (χ4n) is 1.92. The number of nitrogens with one attached hydrogen (secondary N) is 1. The maximum atomic E-state index is 12.0. The SMILES string of the molecule is COCc1cccc(C(=O)OCC(=O)Nc2ccccc2Br)c1. The first kappa shape index (κ1) is 17.2. The van der Waals surface area contributed by atoms with E-state index >= 15 is 0 Å². The van der Waals surface area contributed by atoms with Gasteiger partial charge < -0.3 is 14.8 Å². The number of hydrogen-bond acceptors (Lipinski definition) is 4. The first-order valence-electron chi connectivity index (χ1n) is 6.89. The predicted octanol–water partition coefficient (Wildman–Crippen LogP) is 3.39. The number of carbonyl (C=O) groups excluding carboxylic acids is 2. The van der Waals surface area contributed by atoms with Gasteiger partial charge in [0.15, 0.2) is 6.61 Å². The average Bonchev–Trinajstić information content (AvgIpc) is 2.55. The number of hydrogen-bond donors (Lipinski definition) is 1. The summed E-state index contributed by atoms with van der Waals surface area (Å²) in [7, 11) is 1.58. The molecule has 6 heteroatoms. The maximum absolute atomic E-state index is 12.0. The molecule has 1 N–H and O–H groups in total. The molecular weight excluding hydrogens is 362 g/mol. The Labute approximate surface area is 142 Å². The molecular formula is C17H16BrNO4. The van der Waals surface area contributed by atoms with E-state index < -0.39 is 11.9 Å². The summed E-state index contributed by atoms with van der Waals surface area (Å²) in [5, 5.41) is 2.67. The van der Waals surface area contributed by atoms with Crippen LogP contribution in [0.15, 0.2) is 53.0 Å². The van der Waals surface area contributed by atoms with Gasteiger partial charge in [0, 0.05) is 11.6 Å². The topological polar surface area (TPSA) is 64.6 Å². The van der Waals surface area contributed by atoms with Crippen LogP contribution in [0, 0.1) is 0 Å². The van der Waals surface area contributed by atoms with Crippen LogP contribution < -0.4 is 5.32 Å². The number of ether oxygens (including phenoxy) is 2. The van der Waals surface area contributed by atoms with E-state index in [4.69, 9.17) is 9.47 Å². The highest BCUT2D eigenvalue weighted by Gasteiger charge is 2.11. The Balaban J connectivity index is 1.90. The van der Waals surface area contributed by atoms with Gasteiger partial charge in [-0.3, -0.25) is 4.79 Å². The fraction of sp³-hybridized carbons (Fsp3) is 0.176. The molecule has 0 unspecified atom stereocenters. The molecule has 0 fully saturated rings. The molecule has 0 aliphatic heterocycles. The van der Waals surface area contributed by atoms with Gasteiger partial charge in [0.2, 0.25) is 0 Å². The lowest BCUT2D eigenvalue weighted by Gasteiger charge is -2.08. The van der Waals surface area contributed by atoms with Crippen LogP contribution in [0.4, 0.5) is 5.69 Å². The van der Waals surface area contributed by atoms with Crippen molar-refractivity contribution in [1.82, 2.24) is 0 Å². The number of esters is 1. The van der Waals surface area contributed by atoms with Crippen LogP contribution in [0.2, 0.25) is 0 Å². The molecule has 0 aliphatic carbocycles. The maximum Gasteiger partial charge on any atom is 0.338 e. The summed E-state index contributed by atoms with van der Waals surface area (Å²) in [5.74, 6) is -0.955. The van der Waals surface area contributed by atoms with Crippen LogP contribution in [-0.4, -0.2) is 25.6 Å². The Morgan fingerprint density at radius 3 is 2.65 bits per heavy atom. The molecule has 0 aliphatic rings. The molecule has 0 spiro atoms.